The second kappa shape index (κ2) is 4.03. The molecule has 0 amide bonds. The van der Waals surface area contributed by atoms with Crippen LogP contribution in [0.2, 0.25) is 0 Å². The Labute approximate surface area is 90.8 Å². The molecule has 78 valence electrons. The summed E-state index contributed by atoms with van der Waals surface area (Å²) in [5, 5.41) is 9.85. The highest BCUT2D eigenvalue weighted by molar-refractivity contribution is 5.86. The Morgan fingerprint density at radius 3 is 2.60 bits per heavy atom. The van der Waals surface area contributed by atoms with E-state index in [0.717, 1.165) is 24.0 Å². The van der Waals surface area contributed by atoms with Gasteiger partial charge in [0, 0.05) is 0 Å². The summed E-state index contributed by atoms with van der Waals surface area (Å²) < 4.78 is 0. The number of rotatable bonds is 2. The van der Waals surface area contributed by atoms with Crippen LogP contribution in [0.1, 0.15) is 30.9 Å². The fourth-order valence-corrected chi connectivity index (χ4v) is 2.07. The molecule has 0 saturated carbocycles. The van der Waals surface area contributed by atoms with E-state index in [1.807, 2.05) is 24.3 Å². The first-order chi connectivity index (χ1) is 7.24. The van der Waals surface area contributed by atoms with Crippen LogP contribution in [-0.2, 0) is 0 Å². The average molecular weight is 200 g/mol. The van der Waals surface area contributed by atoms with Crippen molar-refractivity contribution < 1.29 is 5.11 Å². The van der Waals surface area contributed by atoms with Gasteiger partial charge in [0.15, 0.2) is 0 Å². The minimum absolute atomic E-state index is 0.513. The second-order valence-corrected chi connectivity index (χ2v) is 3.96. The van der Waals surface area contributed by atoms with Crippen LogP contribution >= 0.6 is 0 Å². The first-order valence-electron chi connectivity index (χ1n) is 5.41. The lowest BCUT2D eigenvalue weighted by Gasteiger charge is -2.23. The monoisotopic (exact) mass is 200 g/mol. The molecule has 0 unspecified atom stereocenters. The largest absolute Gasteiger partial charge is 0.384 e. The number of fused-ring (bicyclic) bond motifs is 1. The van der Waals surface area contributed by atoms with Crippen molar-refractivity contribution in [1.29, 1.82) is 0 Å². The minimum atomic E-state index is -0.513. The molecule has 0 spiro atoms. The molecule has 0 fully saturated rings. The SMILES string of the molecule is C=C1c2ccccc2C(CCC)=C[C@H]1O. The lowest BCUT2D eigenvalue weighted by Crippen LogP contribution is -2.12. The van der Waals surface area contributed by atoms with Crippen LogP contribution in [0.25, 0.3) is 11.1 Å². The molecule has 1 nitrogen and oxygen atoms in total. The van der Waals surface area contributed by atoms with E-state index in [0.29, 0.717) is 0 Å². The van der Waals surface area contributed by atoms with Gasteiger partial charge >= 0.3 is 0 Å². The standard InChI is InChI=1S/C14H16O/c1-3-6-11-9-14(15)10(2)12-7-4-5-8-13(11)12/h4-5,7-9,14-15H,2-3,6H2,1H3/t14-/m1/s1. The van der Waals surface area contributed by atoms with Gasteiger partial charge in [0.1, 0.15) is 0 Å². The normalized spacial score (nSPS) is 19.7. The van der Waals surface area contributed by atoms with E-state index in [9.17, 15) is 5.11 Å². The zero-order valence-corrected chi connectivity index (χ0v) is 9.03. The van der Waals surface area contributed by atoms with Crippen LogP contribution in [0, 0.1) is 0 Å². The summed E-state index contributed by atoms with van der Waals surface area (Å²) in [6, 6.07) is 8.16. The summed E-state index contributed by atoms with van der Waals surface area (Å²) in [6.07, 6.45) is 3.52. The van der Waals surface area contributed by atoms with E-state index in [4.69, 9.17) is 0 Å². The number of hydrogen-bond donors (Lipinski definition) is 1. The molecule has 1 heteroatoms. The summed E-state index contributed by atoms with van der Waals surface area (Å²) in [5.74, 6) is 0. The molecule has 1 atom stereocenters. The van der Waals surface area contributed by atoms with Crippen LogP contribution in [0.3, 0.4) is 0 Å². The van der Waals surface area contributed by atoms with Crippen LogP contribution in [0.5, 0.6) is 0 Å². The molecule has 0 saturated heterocycles. The average Bonchev–Trinajstić information content (AvgIpc) is 2.26. The minimum Gasteiger partial charge on any atom is -0.384 e. The van der Waals surface area contributed by atoms with Gasteiger partial charge in [0.25, 0.3) is 0 Å². The highest BCUT2D eigenvalue weighted by Gasteiger charge is 2.19. The molecule has 0 radical (unpaired) electrons. The summed E-state index contributed by atoms with van der Waals surface area (Å²) in [7, 11) is 0. The van der Waals surface area contributed by atoms with E-state index in [-0.39, 0.29) is 0 Å². The summed E-state index contributed by atoms with van der Waals surface area (Å²) >= 11 is 0. The van der Waals surface area contributed by atoms with E-state index < -0.39 is 6.10 Å². The third-order valence-corrected chi connectivity index (χ3v) is 2.85. The van der Waals surface area contributed by atoms with E-state index >= 15 is 0 Å². The number of hydrogen-bond acceptors (Lipinski definition) is 1. The molecule has 1 aliphatic carbocycles. The molecule has 1 aromatic rings. The summed E-state index contributed by atoms with van der Waals surface area (Å²) in [6.45, 7) is 6.09. The Kier molecular flexibility index (Phi) is 2.74. The molecule has 1 aliphatic rings. The molecular weight excluding hydrogens is 184 g/mol. The highest BCUT2D eigenvalue weighted by atomic mass is 16.3. The number of benzene rings is 1. The highest BCUT2D eigenvalue weighted by Crippen LogP contribution is 2.34. The van der Waals surface area contributed by atoms with Gasteiger partial charge in [-0.1, -0.05) is 44.2 Å². The van der Waals surface area contributed by atoms with Crippen LogP contribution in [-0.4, -0.2) is 11.2 Å². The van der Waals surface area contributed by atoms with Gasteiger partial charge in [-0.2, -0.15) is 0 Å². The topological polar surface area (TPSA) is 20.2 Å². The Balaban J connectivity index is 2.51. The Bertz CT molecular complexity index is 415. The Hall–Kier alpha value is -1.34. The third-order valence-electron chi connectivity index (χ3n) is 2.85. The predicted molar refractivity (Wildman–Crippen MR) is 64.4 cm³/mol. The van der Waals surface area contributed by atoms with Crippen LogP contribution in [0.15, 0.2) is 36.9 Å². The smallest absolute Gasteiger partial charge is 0.0977 e. The van der Waals surface area contributed by atoms with Gasteiger partial charge in [0.05, 0.1) is 6.10 Å². The van der Waals surface area contributed by atoms with Crippen LogP contribution in [0.4, 0.5) is 0 Å². The summed E-state index contributed by atoms with van der Waals surface area (Å²) in [5.41, 5.74) is 4.38. The molecule has 15 heavy (non-hydrogen) atoms. The number of aliphatic hydroxyl groups excluding tert-OH is 1. The zero-order chi connectivity index (χ0) is 10.8. The fraction of sp³-hybridized carbons (Fsp3) is 0.286. The lowest BCUT2D eigenvalue weighted by atomic mass is 9.85. The van der Waals surface area contributed by atoms with Gasteiger partial charge in [-0.15, -0.1) is 0 Å². The molecule has 1 aromatic carbocycles. The lowest BCUT2D eigenvalue weighted by molar-refractivity contribution is 0.280. The second-order valence-electron chi connectivity index (χ2n) is 3.96. The molecule has 0 aliphatic heterocycles. The molecule has 0 bridgehead atoms. The van der Waals surface area contributed by atoms with E-state index in [1.165, 1.54) is 11.1 Å². The van der Waals surface area contributed by atoms with E-state index in [2.05, 4.69) is 19.6 Å². The van der Waals surface area contributed by atoms with Crippen molar-refractivity contribution in [3.05, 3.63) is 48.0 Å². The van der Waals surface area contributed by atoms with Crippen molar-refractivity contribution in [3.63, 3.8) is 0 Å². The first-order valence-corrected chi connectivity index (χ1v) is 5.41. The number of aliphatic hydroxyl groups is 1. The van der Waals surface area contributed by atoms with Gasteiger partial charge < -0.3 is 5.11 Å². The van der Waals surface area contributed by atoms with Crippen molar-refractivity contribution in [3.8, 4) is 0 Å². The fourth-order valence-electron chi connectivity index (χ4n) is 2.07. The van der Waals surface area contributed by atoms with Crippen molar-refractivity contribution >= 4 is 11.1 Å². The van der Waals surface area contributed by atoms with E-state index in [1.54, 1.807) is 0 Å². The first kappa shape index (κ1) is 10.2. The predicted octanol–water partition coefficient (Wildman–Crippen LogP) is 3.26. The molecule has 1 N–H and O–H groups in total. The molecule has 0 heterocycles. The Morgan fingerprint density at radius 2 is 1.93 bits per heavy atom. The third kappa shape index (κ3) is 1.75. The van der Waals surface area contributed by atoms with Crippen LogP contribution < -0.4 is 0 Å². The maximum Gasteiger partial charge on any atom is 0.0977 e. The van der Waals surface area contributed by atoms with Crippen molar-refractivity contribution in [2.24, 2.45) is 0 Å². The summed E-state index contributed by atoms with van der Waals surface area (Å²) in [4.78, 5) is 0. The Morgan fingerprint density at radius 1 is 1.27 bits per heavy atom. The van der Waals surface area contributed by atoms with Gasteiger partial charge in [-0.05, 0) is 34.8 Å². The van der Waals surface area contributed by atoms with Gasteiger partial charge in [0.2, 0.25) is 0 Å². The van der Waals surface area contributed by atoms with Crippen molar-refractivity contribution in [1.82, 2.24) is 0 Å². The maximum absolute atomic E-state index is 9.85. The van der Waals surface area contributed by atoms with Gasteiger partial charge in [-0.3, -0.25) is 0 Å². The van der Waals surface area contributed by atoms with Crippen molar-refractivity contribution in [2.75, 3.05) is 0 Å². The molecule has 0 aromatic heterocycles. The molecule has 2 rings (SSSR count). The van der Waals surface area contributed by atoms with Crippen molar-refractivity contribution in [2.45, 2.75) is 25.9 Å². The maximum atomic E-state index is 9.85. The molecular formula is C14H16O. The quantitative estimate of drug-likeness (QED) is 0.777. The van der Waals surface area contributed by atoms with Gasteiger partial charge in [-0.25, -0.2) is 0 Å². The number of allylic oxidation sites excluding steroid dienone is 1. The zero-order valence-electron chi connectivity index (χ0n) is 9.03.